The number of amides is 1. The zero-order valence-corrected chi connectivity index (χ0v) is 17.0. The predicted octanol–water partition coefficient (Wildman–Crippen LogP) is 1.89. The maximum Gasteiger partial charge on any atom is 0.263 e. The van der Waals surface area contributed by atoms with E-state index in [4.69, 9.17) is 9.47 Å². The van der Waals surface area contributed by atoms with Crippen LogP contribution in [0.1, 0.15) is 11.1 Å². The van der Waals surface area contributed by atoms with Crippen molar-refractivity contribution in [1.82, 2.24) is 5.32 Å². The number of hydrogen-bond acceptors (Lipinski definition) is 5. The number of fused-ring (bicyclic) bond motifs is 1. The van der Waals surface area contributed by atoms with Gasteiger partial charge in [0.25, 0.3) is 5.91 Å². The fourth-order valence-corrected chi connectivity index (χ4v) is 3.95. The van der Waals surface area contributed by atoms with E-state index in [2.05, 4.69) is 5.32 Å². The van der Waals surface area contributed by atoms with Crippen molar-refractivity contribution in [2.24, 2.45) is 0 Å². The van der Waals surface area contributed by atoms with Gasteiger partial charge in [-0.15, -0.1) is 0 Å². The van der Waals surface area contributed by atoms with E-state index in [1.165, 1.54) is 4.31 Å². The van der Waals surface area contributed by atoms with Crippen molar-refractivity contribution >= 4 is 21.6 Å². The lowest BCUT2D eigenvalue weighted by molar-refractivity contribution is -0.127. The number of ether oxygens (including phenoxy) is 2. The summed E-state index contributed by atoms with van der Waals surface area (Å²) in [6.07, 6.45) is 0.873. The molecule has 0 radical (unpaired) electrons. The highest BCUT2D eigenvalue weighted by atomic mass is 32.2. The van der Waals surface area contributed by atoms with E-state index in [9.17, 15) is 13.2 Å². The lowest BCUT2D eigenvalue weighted by Gasteiger charge is -2.34. The van der Waals surface area contributed by atoms with Crippen molar-refractivity contribution in [3.05, 3.63) is 53.6 Å². The first-order valence-electron chi connectivity index (χ1n) is 8.93. The Morgan fingerprint density at radius 1 is 1.25 bits per heavy atom. The molecular weight excluding hydrogens is 380 g/mol. The average molecular weight is 404 g/mol. The third-order valence-electron chi connectivity index (χ3n) is 4.55. The van der Waals surface area contributed by atoms with Crippen LogP contribution in [0.2, 0.25) is 0 Å². The van der Waals surface area contributed by atoms with Crippen molar-refractivity contribution < 1.29 is 22.7 Å². The Kier molecular flexibility index (Phi) is 5.79. The summed E-state index contributed by atoms with van der Waals surface area (Å²) in [6, 6.07) is 12.9. The zero-order valence-electron chi connectivity index (χ0n) is 16.1. The van der Waals surface area contributed by atoms with Gasteiger partial charge in [0.15, 0.2) is 6.10 Å². The molecule has 0 aromatic heterocycles. The maximum atomic E-state index is 12.6. The van der Waals surface area contributed by atoms with Crippen LogP contribution in [0.5, 0.6) is 11.5 Å². The molecule has 1 N–H and O–H groups in total. The molecule has 7 nitrogen and oxygen atoms in total. The Morgan fingerprint density at radius 3 is 2.61 bits per heavy atom. The van der Waals surface area contributed by atoms with Crippen LogP contribution in [-0.2, 0) is 21.2 Å². The molecular formula is C20H24N2O5S. The van der Waals surface area contributed by atoms with Crippen LogP contribution < -0.4 is 19.1 Å². The van der Waals surface area contributed by atoms with Gasteiger partial charge in [-0.3, -0.25) is 9.10 Å². The molecule has 1 atom stereocenters. The topological polar surface area (TPSA) is 84.9 Å². The van der Waals surface area contributed by atoms with E-state index < -0.39 is 16.1 Å². The van der Waals surface area contributed by atoms with Gasteiger partial charge in [0.05, 0.1) is 25.6 Å². The van der Waals surface area contributed by atoms with Crippen LogP contribution in [0, 0.1) is 6.92 Å². The van der Waals surface area contributed by atoms with Gasteiger partial charge in [-0.05, 0) is 48.7 Å². The maximum absolute atomic E-state index is 12.6. The summed E-state index contributed by atoms with van der Waals surface area (Å²) in [7, 11) is -1.92. The first-order valence-corrected chi connectivity index (χ1v) is 10.8. The second-order valence-corrected chi connectivity index (χ2v) is 8.67. The minimum Gasteiger partial charge on any atom is -0.497 e. The number of anilines is 1. The van der Waals surface area contributed by atoms with Crippen molar-refractivity contribution in [2.45, 2.75) is 19.4 Å². The lowest BCUT2D eigenvalue weighted by Crippen LogP contribution is -2.50. The number of aryl methyl sites for hydroxylation is 1. The fraction of sp³-hybridized carbons (Fsp3) is 0.350. The lowest BCUT2D eigenvalue weighted by atomic mass is 10.1. The van der Waals surface area contributed by atoms with E-state index in [-0.39, 0.29) is 12.5 Å². The molecule has 0 aliphatic carbocycles. The highest BCUT2D eigenvalue weighted by Crippen LogP contribution is 2.35. The van der Waals surface area contributed by atoms with E-state index in [1.54, 1.807) is 19.2 Å². The molecule has 150 valence electrons. The van der Waals surface area contributed by atoms with E-state index in [0.29, 0.717) is 24.4 Å². The van der Waals surface area contributed by atoms with Gasteiger partial charge in [-0.1, -0.05) is 18.2 Å². The summed E-state index contributed by atoms with van der Waals surface area (Å²) in [4.78, 5) is 12.6. The van der Waals surface area contributed by atoms with Crippen molar-refractivity contribution in [3.8, 4) is 11.5 Å². The Morgan fingerprint density at radius 2 is 1.96 bits per heavy atom. The molecule has 1 heterocycles. The van der Waals surface area contributed by atoms with Gasteiger partial charge in [0.1, 0.15) is 11.5 Å². The summed E-state index contributed by atoms with van der Waals surface area (Å²) in [5, 5.41) is 2.83. The first kappa shape index (κ1) is 20.0. The molecule has 2 aromatic rings. The molecule has 0 saturated heterocycles. The van der Waals surface area contributed by atoms with Gasteiger partial charge in [-0.2, -0.15) is 0 Å². The molecule has 28 heavy (non-hydrogen) atoms. The largest absolute Gasteiger partial charge is 0.497 e. The van der Waals surface area contributed by atoms with Crippen LogP contribution >= 0.6 is 0 Å². The molecule has 0 spiro atoms. The number of carbonyl (C=O) groups excluding carboxylic acids is 1. The third-order valence-corrected chi connectivity index (χ3v) is 5.70. The Bertz CT molecular complexity index is 957. The number of rotatable bonds is 6. The summed E-state index contributed by atoms with van der Waals surface area (Å²) >= 11 is 0. The number of methoxy groups -OCH3 is 1. The predicted molar refractivity (Wildman–Crippen MR) is 107 cm³/mol. The van der Waals surface area contributed by atoms with Gasteiger partial charge in [0, 0.05) is 6.54 Å². The number of benzene rings is 2. The molecule has 2 aromatic carbocycles. The molecule has 1 amide bonds. The smallest absolute Gasteiger partial charge is 0.263 e. The number of nitrogens with zero attached hydrogens (tertiary/aromatic N) is 1. The van der Waals surface area contributed by atoms with Crippen LogP contribution in [0.3, 0.4) is 0 Å². The Hall–Kier alpha value is -2.74. The van der Waals surface area contributed by atoms with E-state index in [0.717, 1.165) is 23.1 Å². The highest BCUT2D eigenvalue weighted by Gasteiger charge is 2.34. The summed E-state index contributed by atoms with van der Waals surface area (Å²) in [6.45, 7) is 2.24. The Balaban J connectivity index is 1.66. The minimum absolute atomic E-state index is 0.0519. The Labute approximate surface area is 165 Å². The minimum atomic E-state index is -3.53. The van der Waals surface area contributed by atoms with Crippen molar-refractivity contribution in [1.29, 1.82) is 0 Å². The number of carbonyl (C=O) groups is 1. The molecule has 1 aliphatic rings. The van der Waals surface area contributed by atoms with Crippen LogP contribution in [0.4, 0.5) is 5.69 Å². The number of sulfonamides is 1. The summed E-state index contributed by atoms with van der Waals surface area (Å²) in [5.74, 6) is 0.823. The molecule has 3 rings (SSSR count). The molecule has 1 unspecified atom stereocenters. The molecule has 1 aliphatic heterocycles. The van der Waals surface area contributed by atoms with Crippen LogP contribution in [-0.4, -0.2) is 46.9 Å². The summed E-state index contributed by atoms with van der Waals surface area (Å²) < 4.78 is 36.5. The van der Waals surface area contributed by atoms with E-state index >= 15 is 0 Å². The molecule has 8 heteroatoms. The van der Waals surface area contributed by atoms with Gasteiger partial charge in [0.2, 0.25) is 10.0 Å². The molecule has 0 bridgehead atoms. The average Bonchev–Trinajstić information content (AvgIpc) is 2.66. The summed E-state index contributed by atoms with van der Waals surface area (Å²) in [5.41, 5.74) is 2.44. The zero-order chi connectivity index (χ0) is 20.3. The van der Waals surface area contributed by atoms with Crippen molar-refractivity contribution in [2.75, 3.05) is 30.8 Å². The van der Waals surface area contributed by atoms with Gasteiger partial charge in [-0.25, -0.2) is 8.42 Å². The molecule has 0 fully saturated rings. The highest BCUT2D eigenvalue weighted by molar-refractivity contribution is 7.92. The van der Waals surface area contributed by atoms with Crippen LogP contribution in [0.25, 0.3) is 0 Å². The first-order chi connectivity index (χ1) is 13.3. The van der Waals surface area contributed by atoms with Gasteiger partial charge >= 0.3 is 0 Å². The number of nitrogens with one attached hydrogen (secondary N) is 1. The normalized spacial score (nSPS) is 16.1. The van der Waals surface area contributed by atoms with Crippen molar-refractivity contribution in [3.63, 3.8) is 0 Å². The second-order valence-electron chi connectivity index (χ2n) is 6.76. The monoisotopic (exact) mass is 404 g/mol. The van der Waals surface area contributed by atoms with Crippen LogP contribution in [0.15, 0.2) is 42.5 Å². The SMILES string of the molecule is COc1ccc(CCNC(=O)C2CN(S(C)(=O)=O)c3cc(C)ccc3O2)cc1. The second kappa shape index (κ2) is 8.10. The third kappa shape index (κ3) is 4.56. The van der Waals surface area contributed by atoms with Gasteiger partial charge < -0.3 is 14.8 Å². The van der Waals surface area contributed by atoms with E-state index in [1.807, 2.05) is 37.3 Å². The molecule has 0 saturated carbocycles. The quantitative estimate of drug-likeness (QED) is 0.795. The fourth-order valence-electron chi connectivity index (χ4n) is 3.05. The standard InChI is InChI=1S/C20H24N2O5S/c1-14-4-9-18-17(12-14)22(28(3,24)25)13-19(27-18)20(23)21-11-10-15-5-7-16(26-2)8-6-15/h4-9,12,19H,10-11,13H2,1-3H3,(H,21,23). The number of hydrogen-bond donors (Lipinski definition) is 1.